The number of hydrogen-bond acceptors (Lipinski definition) is 26. The third-order valence-corrected chi connectivity index (χ3v) is 26.3. The maximum absolute atomic E-state index is 12.1. The van der Waals surface area contributed by atoms with Gasteiger partial charge >= 0.3 is 12.2 Å². The van der Waals surface area contributed by atoms with Gasteiger partial charge in [0.15, 0.2) is 11.5 Å². The molecule has 22 rings (SSSR count). The fraction of sp³-hybridized carbons (Fsp3) is 0.390. The van der Waals surface area contributed by atoms with Crippen molar-refractivity contribution in [1.82, 2.24) is 20.3 Å². The Labute approximate surface area is 882 Å². The predicted molar refractivity (Wildman–Crippen MR) is 575 cm³/mol. The smallest absolute Gasteiger partial charge is 0.414 e. The summed E-state index contributed by atoms with van der Waals surface area (Å²) in [7, 11) is 0. The highest BCUT2D eigenvalue weighted by molar-refractivity contribution is 5.97. The van der Waals surface area contributed by atoms with Crippen molar-refractivity contribution in [2.45, 2.75) is 270 Å². The van der Waals surface area contributed by atoms with Gasteiger partial charge in [0, 0.05) is 65.4 Å². The van der Waals surface area contributed by atoms with Crippen LogP contribution in [0.4, 0.5) is 42.4 Å². The molecule has 10 aromatic carbocycles. The lowest BCUT2D eigenvalue weighted by molar-refractivity contribution is -0.130. The number of nitriles is 1. The number of carbonyl (C=O) groups is 5. The van der Waals surface area contributed by atoms with Crippen molar-refractivity contribution in [3.63, 3.8) is 0 Å². The molecule has 12 aromatic rings. The summed E-state index contributed by atoms with van der Waals surface area (Å²) in [4.78, 5) is 70.4. The minimum Gasteiger partial charge on any atom is -0.491 e. The molecule has 32 heteroatoms. The van der Waals surface area contributed by atoms with E-state index in [9.17, 15) is 28.4 Å². The highest BCUT2D eigenvalue weighted by atomic mass is 35.5. The number of aromatic nitrogens is 4. The number of benzene rings is 10. The molecule has 4 aliphatic heterocycles. The molecule has 2 aromatic heterocycles. The Bertz CT molecular complexity index is 6320. The number of rotatable bonds is 21. The molecular formula is C118H134ClFN12O18. The van der Waals surface area contributed by atoms with E-state index in [4.69, 9.17) is 74.8 Å². The number of amides is 2. The van der Waals surface area contributed by atoms with E-state index < -0.39 is 11.2 Å². The van der Waals surface area contributed by atoms with Crippen molar-refractivity contribution < 1.29 is 90.4 Å². The van der Waals surface area contributed by atoms with E-state index in [0.29, 0.717) is 110 Å². The topological polar surface area (TPSA) is 384 Å². The third-order valence-electron chi connectivity index (χ3n) is 26.3. The van der Waals surface area contributed by atoms with Crippen LogP contribution in [0.15, 0.2) is 227 Å². The van der Waals surface area contributed by atoms with Crippen LogP contribution in [0.3, 0.4) is 0 Å². The monoisotopic (exact) mass is 2060 g/mol. The second-order valence-electron chi connectivity index (χ2n) is 39.8. The lowest BCUT2D eigenvalue weighted by Crippen LogP contribution is -2.35. The second-order valence-corrected chi connectivity index (χ2v) is 39.8. The number of amidine groups is 1. The number of carbonyl (C=O) groups excluding carboxylic acids is 5. The number of halogens is 2. The van der Waals surface area contributed by atoms with Crippen LogP contribution in [0.1, 0.15) is 232 Å². The van der Waals surface area contributed by atoms with Crippen LogP contribution in [0.25, 0.3) is 50.5 Å². The summed E-state index contributed by atoms with van der Waals surface area (Å²) in [5.41, 5.74) is 23.7. The fourth-order valence-electron chi connectivity index (χ4n) is 18.8. The molecule has 788 valence electrons. The summed E-state index contributed by atoms with van der Waals surface area (Å²) in [5, 5.41) is 43.4. The van der Waals surface area contributed by atoms with Crippen molar-refractivity contribution in [3.05, 3.63) is 285 Å². The van der Waals surface area contributed by atoms with Crippen LogP contribution in [-0.4, -0.2) is 136 Å². The number of oxime groups is 1. The van der Waals surface area contributed by atoms with Gasteiger partial charge in [-0.15, -0.1) is 12.4 Å². The van der Waals surface area contributed by atoms with Crippen LogP contribution >= 0.6 is 12.4 Å². The summed E-state index contributed by atoms with van der Waals surface area (Å²) < 4.78 is 71.7. The van der Waals surface area contributed by atoms with Gasteiger partial charge in [0.1, 0.15) is 59.0 Å². The molecule has 10 aliphatic rings. The average Bonchev–Trinajstić information content (AvgIpc) is 1.65. The molecule has 6 heterocycles. The van der Waals surface area contributed by atoms with Gasteiger partial charge in [-0.25, -0.2) is 18.8 Å². The number of fused-ring (bicyclic) bond motifs is 5. The van der Waals surface area contributed by atoms with E-state index >= 15 is 0 Å². The Hall–Kier alpha value is -15.3. The molecule has 0 unspecified atom stereocenters. The molecule has 2 amide bonds. The largest absolute Gasteiger partial charge is 0.491 e. The second kappa shape index (κ2) is 56.2. The maximum atomic E-state index is 12.1. The van der Waals surface area contributed by atoms with Gasteiger partial charge in [-0.1, -0.05) is 70.8 Å². The molecule has 0 radical (unpaired) electrons. The lowest BCUT2D eigenvalue weighted by atomic mass is 10.1. The van der Waals surface area contributed by atoms with Gasteiger partial charge in [0.25, 0.3) is 31.2 Å². The van der Waals surface area contributed by atoms with E-state index in [2.05, 4.69) is 82.1 Å². The highest BCUT2D eigenvalue weighted by Crippen LogP contribution is 2.39. The average molecular weight is 2060 g/mol. The van der Waals surface area contributed by atoms with Crippen LogP contribution in [-0.2, 0) is 85.1 Å². The van der Waals surface area contributed by atoms with Crippen LogP contribution < -0.4 is 49.9 Å². The Kier molecular flexibility index (Phi) is 41.9. The molecule has 6 N–H and O–H groups in total. The van der Waals surface area contributed by atoms with Crippen LogP contribution in [0, 0.1) is 23.7 Å². The molecular weight excluding hydrogens is 1930 g/mol. The van der Waals surface area contributed by atoms with Crippen molar-refractivity contribution >= 4 is 78.3 Å². The zero-order chi connectivity index (χ0) is 105. The Morgan fingerprint density at radius 1 is 0.473 bits per heavy atom. The molecule has 0 saturated heterocycles. The molecule has 0 atom stereocenters. The summed E-state index contributed by atoms with van der Waals surface area (Å²) in [6.07, 6.45) is 32.0. The normalized spacial score (nSPS) is 15.5. The van der Waals surface area contributed by atoms with Gasteiger partial charge in [-0.05, 0) is 416 Å². The van der Waals surface area contributed by atoms with Crippen molar-refractivity contribution in [2.24, 2.45) is 10.9 Å². The summed E-state index contributed by atoms with van der Waals surface area (Å²) in [5.74, 6) is 6.23. The van der Waals surface area contributed by atoms with Gasteiger partial charge in [0.2, 0.25) is 11.6 Å². The van der Waals surface area contributed by atoms with Gasteiger partial charge in [-0.2, -0.15) is 15.2 Å². The SMILES string of the molecule is CC(C)(C)OC(=O)N1CCc2cc(COC=O)ccc21.CC(C)(C)OC(=O)N1CCc2cc(OC=O)ccc21.Cl.N#Cc1ccc(F)cc1.N/C(=N\O)c1ccc(OC2CCCC2)cc1.O=COCc1ccc2c(c1)CCN2.OC1CCCC1.[C-]#[N+]c1ccc(OC2CCCC2)cc1.c1cc(-c2noc(-c3ccc4c(c3)CCC4)n2)ccc1OC1CCCC1.c1cc(-c2noc(-c3ccc4c(c3)CCN4)n2)ccc1OC1CCCC1. The van der Waals surface area contributed by atoms with Crippen LogP contribution in [0.2, 0.25) is 0 Å². The van der Waals surface area contributed by atoms with Crippen LogP contribution in [0.5, 0.6) is 28.7 Å². The number of hydrogen-bond donors (Lipinski definition) is 5. The number of aliphatic hydroxyl groups is 1. The lowest BCUT2D eigenvalue weighted by Gasteiger charge is -2.24. The first kappa shape index (κ1) is 112. The number of ether oxygens (including phenoxy) is 9. The quantitative estimate of drug-likeness (QED) is 0.00848. The number of aryl methyl sites for hydroxylation is 2. The molecule has 30 nitrogen and oxygen atoms in total. The Balaban J connectivity index is 0.000000144. The zero-order valence-corrected chi connectivity index (χ0v) is 86.8. The molecule has 0 bridgehead atoms. The Morgan fingerprint density at radius 2 is 0.867 bits per heavy atom. The number of nitrogens with two attached hydrogens (primary N) is 1. The predicted octanol–water partition coefficient (Wildman–Crippen LogP) is 25.1. The standard InChI is InChI=1S/C22H22N2O2.C21H21N3O2.C15H19NO4.C14H17NO4.C12H16N2O2.C12H13NO.C10H11NO2.C7H4FN.C5H10O.ClH/c1-2-7-19(6-1)25-20-12-10-16(11-13-20)21-23-22(26-24-21)18-9-8-15-4-3-5-17(15)14-18;1-2-4-17(3-1)25-18-8-5-14(6-9-18)20-23-21(26-24-20)16-7-10-19-15(13-16)11-12-22-19;1-15(2,3)20-14(18)16-7-6-12-8-11(9-19-10-17)4-5-13(12)16;1-14(2,3)19-13(17)15-7-6-10-8-11(18-9-16)4-5-12(10)15;13-12(14-15)9-5-7-11(8-6-9)16-10-3-1-2-4-10;1-13-10-6-8-12(9-7-10)14-11-4-2-3-5-11;12-7-13-6-8-1-2-10-9(5-8)3-4-11-10;8-7-3-1-6(5-9)2-4-7;6-5-3-1-2-4-5;/h8-14,19H,1-7H2;5-10,13,17,22H,1-4,11-12H2;4-5,8,10H,6-7,9H2,1-3H3;4-5,8-9H,6-7H2,1-3H3;5-8,10,15H,1-4H2,(H2,13,14);6-9,11H,2-5H2;1-2,5,7,11H,3-4,6H2;1-4H;5-6H,1-4H2;1H. The van der Waals surface area contributed by atoms with Gasteiger partial charge < -0.3 is 78.4 Å². The van der Waals surface area contributed by atoms with E-state index in [1.165, 1.54) is 148 Å². The van der Waals surface area contributed by atoms with E-state index in [1.807, 2.05) is 157 Å². The number of aliphatic hydroxyl groups excluding tert-OH is 1. The summed E-state index contributed by atoms with van der Waals surface area (Å²) in [6.45, 7) is 23.0. The van der Waals surface area contributed by atoms with Crippen molar-refractivity contribution in [3.8, 4) is 80.5 Å². The van der Waals surface area contributed by atoms with E-state index in [1.54, 1.807) is 52.3 Å². The molecule has 5 fully saturated rings. The number of nitrogens with zero attached hydrogens (tertiary/aromatic N) is 9. The minimum atomic E-state index is -0.513. The molecule has 6 aliphatic carbocycles. The Morgan fingerprint density at radius 3 is 1.30 bits per heavy atom. The van der Waals surface area contributed by atoms with Gasteiger partial charge in [0.05, 0.1) is 60.1 Å². The van der Waals surface area contributed by atoms with Crippen molar-refractivity contribution in [2.75, 3.05) is 46.6 Å². The molecule has 150 heavy (non-hydrogen) atoms. The van der Waals surface area contributed by atoms with Crippen molar-refractivity contribution in [1.29, 1.82) is 5.26 Å². The number of nitrogens with one attached hydrogen (secondary N) is 2. The zero-order valence-electron chi connectivity index (χ0n) is 86.0. The van der Waals surface area contributed by atoms with E-state index in [0.717, 1.165) is 175 Å². The fourth-order valence-corrected chi connectivity index (χ4v) is 18.8. The first-order chi connectivity index (χ1) is 72.3. The van der Waals surface area contributed by atoms with Gasteiger partial charge in [-0.3, -0.25) is 24.2 Å². The highest BCUT2D eigenvalue weighted by Gasteiger charge is 2.33. The number of anilines is 4. The van der Waals surface area contributed by atoms with E-state index in [-0.39, 0.29) is 49.0 Å². The maximum Gasteiger partial charge on any atom is 0.414 e. The third kappa shape index (κ3) is 34.1. The molecule has 0 spiro atoms. The molecule has 5 saturated carbocycles. The first-order valence-corrected chi connectivity index (χ1v) is 51.6. The summed E-state index contributed by atoms with van der Waals surface area (Å²) >= 11 is 0. The summed E-state index contributed by atoms with van der Waals surface area (Å²) in [6, 6.07) is 67.6. The minimum absolute atomic E-state index is 0. The first-order valence-electron chi connectivity index (χ1n) is 51.6.